The lowest BCUT2D eigenvalue weighted by Gasteiger charge is -2.25. The fourth-order valence-corrected chi connectivity index (χ4v) is 2.09. The number of halogens is 5. The number of hydrogen-bond acceptors (Lipinski definition) is 2. The molecule has 0 aromatic heterocycles. The van der Waals surface area contributed by atoms with Crippen LogP contribution >= 0.6 is 0 Å². The highest BCUT2D eigenvalue weighted by Crippen LogP contribution is 2.30. The molecule has 0 radical (unpaired) electrons. The summed E-state index contributed by atoms with van der Waals surface area (Å²) < 4.78 is 62.8. The molecule has 0 spiro atoms. The highest BCUT2D eigenvalue weighted by molar-refractivity contribution is 5.28. The molecule has 2 nitrogen and oxygen atoms in total. The second-order valence-corrected chi connectivity index (χ2v) is 4.85. The van der Waals surface area contributed by atoms with Crippen LogP contribution < -0.4 is 5.32 Å². The van der Waals surface area contributed by atoms with E-state index in [0.717, 1.165) is 12.1 Å². The molecule has 1 rings (SSSR count). The quantitative estimate of drug-likeness (QED) is 0.775. The molecule has 1 N–H and O–H groups in total. The van der Waals surface area contributed by atoms with Crippen molar-refractivity contribution in [2.45, 2.75) is 25.6 Å². The maximum atomic E-state index is 12.7. The molecular weight excluding hydrogens is 291 g/mol. The van der Waals surface area contributed by atoms with Crippen molar-refractivity contribution in [1.29, 1.82) is 0 Å². The van der Waals surface area contributed by atoms with Crippen LogP contribution in [0.2, 0.25) is 0 Å². The molecule has 120 valence electrons. The van der Waals surface area contributed by atoms with Crippen molar-refractivity contribution in [3.05, 3.63) is 35.4 Å². The zero-order valence-corrected chi connectivity index (χ0v) is 11.9. The van der Waals surface area contributed by atoms with Gasteiger partial charge in [0, 0.05) is 12.6 Å². The predicted molar refractivity (Wildman–Crippen MR) is 71.4 cm³/mol. The van der Waals surface area contributed by atoms with Gasteiger partial charge in [0.25, 0.3) is 6.43 Å². The molecule has 0 aliphatic heterocycles. The number of benzene rings is 1. The van der Waals surface area contributed by atoms with Crippen LogP contribution in [0, 0.1) is 0 Å². The second kappa shape index (κ2) is 7.70. The van der Waals surface area contributed by atoms with E-state index < -0.39 is 30.8 Å². The van der Waals surface area contributed by atoms with E-state index in [1.807, 2.05) is 6.92 Å². The third-order valence-electron chi connectivity index (χ3n) is 3.01. The largest absolute Gasteiger partial charge is 0.416 e. The molecule has 0 saturated heterocycles. The van der Waals surface area contributed by atoms with Gasteiger partial charge >= 0.3 is 6.18 Å². The summed E-state index contributed by atoms with van der Waals surface area (Å²) in [5.74, 6) is 0. The smallest absolute Gasteiger partial charge is 0.309 e. The molecule has 1 unspecified atom stereocenters. The molecule has 0 bridgehead atoms. The Kier molecular flexibility index (Phi) is 6.54. The fourth-order valence-electron chi connectivity index (χ4n) is 2.09. The number of nitrogens with one attached hydrogen (secondary N) is 1. The number of likely N-dealkylation sites (N-methyl/N-ethyl adjacent to an activating group) is 2. The van der Waals surface area contributed by atoms with E-state index in [1.54, 1.807) is 6.07 Å². The first kappa shape index (κ1) is 17.8. The number of hydrogen-bond donors (Lipinski definition) is 1. The van der Waals surface area contributed by atoms with E-state index in [2.05, 4.69) is 5.32 Å². The molecule has 0 saturated carbocycles. The second-order valence-electron chi connectivity index (χ2n) is 4.85. The summed E-state index contributed by atoms with van der Waals surface area (Å²) in [5, 5.41) is 3.03. The van der Waals surface area contributed by atoms with Crippen molar-refractivity contribution in [1.82, 2.24) is 10.2 Å². The number of rotatable bonds is 7. The van der Waals surface area contributed by atoms with Crippen molar-refractivity contribution in [3.63, 3.8) is 0 Å². The maximum absolute atomic E-state index is 12.7. The van der Waals surface area contributed by atoms with Crippen LogP contribution in [-0.2, 0) is 6.18 Å². The summed E-state index contributed by atoms with van der Waals surface area (Å²) >= 11 is 0. The standard InChI is InChI=1S/C14H19F5N2/c1-3-20-12(8-21(2)9-13(15)16)10-5-4-6-11(7-10)14(17,18)19/h4-7,12-13,20H,3,8-9H2,1-2H3. The minimum atomic E-state index is -4.42. The van der Waals surface area contributed by atoms with Crippen LogP contribution in [0.1, 0.15) is 24.1 Å². The van der Waals surface area contributed by atoms with Gasteiger partial charge in [-0.2, -0.15) is 13.2 Å². The minimum Gasteiger partial charge on any atom is -0.309 e. The van der Waals surface area contributed by atoms with Crippen molar-refractivity contribution < 1.29 is 22.0 Å². The summed E-state index contributed by atoms with van der Waals surface area (Å²) in [5.41, 5.74) is -0.299. The lowest BCUT2D eigenvalue weighted by atomic mass is 10.0. The van der Waals surface area contributed by atoms with Gasteiger partial charge in [-0.3, -0.25) is 4.90 Å². The van der Waals surface area contributed by atoms with E-state index in [0.29, 0.717) is 12.1 Å². The third-order valence-corrected chi connectivity index (χ3v) is 3.01. The van der Waals surface area contributed by atoms with Crippen LogP contribution in [0.3, 0.4) is 0 Å². The molecule has 0 heterocycles. The first-order valence-electron chi connectivity index (χ1n) is 6.61. The number of nitrogens with zero attached hydrogens (tertiary/aromatic N) is 1. The number of alkyl halides is 5. The summed E-state index contributed by atoms with van der Waals surface area (Å²) in [6, 6.07) is 4.52. The monoisotopic (exact) mass is 310 g/mol. The van der Waals surface area contributed by atoms with E-state index in [9.17, 15) is 22.0 Å². The summed E-state index contributed by atoms with van der Waals surface area (Å²) in [4.78, 5) is 1.40. The van der Waals surface area contributed by atoms with Crippen molar-refractivity contribution in [2.75, 3.05) is 26.7 Å². The third kappa shape index (κ3) is 5.97. The molecule has 1 aromatic rings. The van der Waals surface area contributed by atoms with E-state index >= 15 is 0 Å². The van der Waals surface area contributed by atoms with Crippen LogP contribution in [-0.4, -0.2) is 38.0 Å². The van der Waals surface area contributed by atoms with Gasteiger partial charge in [0.1, 0.15) is 0 Å². The molecule has 0 aliphatic carbocycles. The topological polar surface area (TPSA) is 15.3 Å². The van der Waals surface area contributed by atoms with Gasteiger partial charge in [0.2, 0.25) is 0 Å². The molecule has 1 atom stereocenters. The first-order chi connectivity index (χ1) is 9.74. The van der Waals surface area contributed by atoms with Crippen LogP contribution in [0.5, 0.6) is 0 Å². The van der Waals surface area contributed by atoms with Gasteiger partial charge < -0.3 is 5.32 Å². The lowest BCUT2D eigenvalue weighted by Crippen LogP contribution is -2.35. The van der Waals surface area contributed by atoms with Gasteiger partial charge in [-0.05, 0) is 31.3 Å². The highest BCUT2D eigenvalue weighted by atomic mass is 19.4. The van der Waals surface area contributed by atoms with Crippen LogP contribution in [0.15, 0.2) is 24.3 Å². The van der Waals surface area contributed by atoms with Crippen LogP contribution in [0.25, 0.3) is 0 Å². The summed E-state index contributed by atoms with van der Waals surface area (Å²) in [6.45, 7) is 2.14. The Bertz CT molecular complexity index is 434. The molecule has 7 heteroatoms. The molecular formula is C14H19F5N2. The maximum Gasteiger partial charge on any atom is 0.416 e. The van der Waals surface area contributed by atoms with Gasteiger partial charge in [0.15, 0.2) is 0 Å². The van der Waals surface area contributed by atoms with E-state index in [4.69, 9.17) is 0 Å². The van der Waals surface area contributed by atoms with Crippen molar-refractivity contribution >= 4 is 0 Å². The normalized spacial score (nSPS) is 14.0. The fraction of sp³-hybridized carbons (Fsp3) is 0.571. The van der Waals surface area contributed by atoms with Gasteiger partial charge in [-0.1, -0.05) is 19.1 Å². The zero-order chi connectivity index (χ0) is 16.0. The average molecular weight is 310 g/mol. The Morgan fingerprint density at radius 2 is 1.86 bits per heavy atom. The molecule has 1 aromatic carbocycles. The van der Waals surface area contributed by atoms with Gasteiger partial charge in [-0.15, -0.1) is 0 Å². The Morgan fingerprint density at radius 1 is 1.19 bits per heavy atom. The highest BCUT2D eigenvalue weighted by Gasteiger charge is 2.31. The predicted octanol–water partition coefficient (Wildman–Crippen LogP) is 3.55. The van der Waals surface area contributed by atoms with Crippen molar-refractivity contribution in [2.24, 2.45) is 0 Å². The lowest BCUT2D eigenvalue weighted by molar-refractivity contribution is -0.137. The van der Waals surface area contributed by atoms with Gasteiger partial charge in [0.05, 0.1) is 12.1 Å². The summed E-state index contributed by atoms with van der Waals surface area (Å²) in [7, 11) is 1.52. The average Bonchev–Trinajstić information content (AvgIpc) is 2.36. The Hall–Kier alpha value is -1.21. The summed E-state index contributed by atoms with van der Waals surface area (Å²) in [6.07, 6.45) is -6.89. The van der Waals surface area contributed by atoms with E-state index in [1.165, 1.54) is 18.0 Å². The molecule has 0 amide bonds. The first-order valence-corrected chi connectivity index (χ1v) is 6.61. The van der Waals surface area contributed by atoms with Crippen LogP contribution in [0.4, 0.5) is 22.0 Å². The van der Waals surface area contributed by atoms with Gasteiger partial charge in [-0.25, -0.2) is 8.78 Å². The Morgan fingerprint density at radius 3 is 2.38 bits per heavy atom. The Balaban J connectivity index is 2.90. The molecule has 0 aliphatic rings. The Labute approximate surface area is 120 Å². The minimum absolute atomic E-state index is 0.208. The van der Waals surface area contributed by atoms with Crippen molar-refractivity contribution in [3.8, 4) is 0 Å². The SMILES string of the molecule is CCNC(CN(C)CC(F)F)c1cccc(C(F)(F)F)c1. The van der Waals surface area contributed by atoms with E-state index in [-0.39, 0.29) is 6.54 Å². The molecule has 0 fully saturated rings. The molecule has 21 heavy (non-hydrogen) atoms. The zero-order valence-electron chi connectivity index (χ0n) is 11.9.